The summed E-state index contributed by atoms with van der Waals surface area (Å²) < 4.78 is 0. The van der Waals surface area contributed by atoms with E-state index in [1.807, 2.05) is 26.0 Å². The van der Waals surface area contributed by atoms with Crippen LogP contribution in [0.1, 0.15) is 25.0 Å². The number of benzene rings is 1. The summed E-state index contributed by atoms with van der Waals surface area (Å²) in [4.78, 5) is 23.9. The molecule has 0 bridgehead atoms. The van der Waals surface area contributed by atoms with Crippen LogP contribution in [-0.2, 0) is 16.6 Å². The van der Waals surface area contributed by atoms with Crippen molar-refractivity contribution in [2.75, 3.05) is 11.4 Å². The lowest BCUT2D eigenvalue weighted by Crippen LogP contribution is -2.38. The topological polar surface area (TPSA) is 89.4 Å². The first kappa shape index (κ1) is 12.6. The molecule has 0 fully saturated rings. The molecule has 0 atom stereocenters. The van der Waals surface area contributed by atoms with Gasteiger partial charge in [0.15, 0.2) is 0 Å². The van der Waals surface area contributed by atoms with E-state index in [4.69, 9.17) is 11.5 Å². The molecule has 0 aromatic heterocycles. The van der Waals surface area contributed by atoms with Crippen LogP contribution in [0.2, 0.25) is 0 Å². The molecule has 1 aliphatic rings. The molecule has 3 amide bonds. The number of hydrogen-bond donors (Lipinski definition) is 2. The molecule has 4 N–H and O–H groups in total. The summed E-state index contributed by atoms with van der Waals surface area (Å²) in [6.07, 6.45) is 0.215. The number of amides is 3. The molecule has 18 heavy (non-hydrogen) atoms. The number of nitrogens with zero attached hydrogens (tertiary/aromatic N) is 1. The number of imide groups is 1. The Kier molecular flexibility index (Phi) is 2.86. The van der Waals surface area contributed by atoms with E-state index >= 15 is 0 Å². The molecule has 0 aliphatic carbocycles. The molecule has 5 nitrogen and oxygen atoms in total. The van der Waals surface area contributed by atoms with Gasteiger partial charge >= 0.3 is 6.03 Å². The van der Waals surface area contributed by atoms with E-state index in [9.17, 15) is 9.59 Å². The summed E-state index contributed by atoms with van der Waals surface area (Å²) in [6.45, 7) is 4.59. The van der Waals surface area contributed by atoms with Crippen LogP contribution in [0.3, 0.4) is 0 Å². The maximum Gasteiger partial charge on any atom is 0.326 e. The Morgan fingerprint density at radius 3 is 2.67 bits per heavy atom. The van der Waals surface area contributed by atoms with Crippen molar-refractivity contribution in [3.05, 3.63) is 29.3 Å². The number of hydrogen-bond acceptors (Lipinski definition) is 3. The van der Waals surface area contributed by atoms with Crippen molar-refractivity contribution in [3.63, 3.8) is 0 Å². The lowest BCUT2D eigenvalue weighted by molar-refractivity contribution is -0.116. The molecule has 1 aromatic carbocycles. The highest BCUT2D eigenvalue weighted by atomic mass is 16.2. The molecule has 96 valence electrons. The van der Waals surface area contributed by atoms with Gasteiger partial charge in [0.1, 0.15) is 0 Å². The van der Waals surface area contributed by atoms with E-state index in [0.29, 0.717) is 12.2 Å². The maximum absolute atomic E-state index is 11.7. The van der Waals surface area contributed by atoms with Gasteiger partial charge in [-0.25, -0.2) is 9.69 Å². The van der Waals surface area contributed by atoms with Crippen LogP contribution in [0.5, 0.6) is 0 Å². The quantitative estimate of drug-likeness (QED) is 0.813. The fraction of sp³-hybridized carbons (Fsp3) is 0.385. The molecule has 5 heteroatoms. The molecule has 1 aromatic rings. The van der Waals surface area contributed by atoms with Crippen molar-refractivity contribution >= 4 is 17.6 Å². The van der Waals surface area contributed by atoms with Crippen molar-refractivity contribution in [2.45, 2.75) is 25.7 Å². The predicted molar refractivity (Wildman–Crippen MR) is 69.3 cm³/mol. The Balaban J connectivity index is 2.46. The number of fused-ring (bicyclic) bond motifs is 1. The van der Waals surface area contributed by atoms with Gasteiger partial charge in [0.05, 0.1) is 12.1 Å². The fourth-order valence-electron chi connectivity index (χ4n) is 2.10. The lowest BCUT2D eigenvalue weighted by Gasteiger charge is -2.24. The average molecular weight is 247 g/mol. The van der Waals surface area contributed by atoms with E-state index in [0.717, 1.165) is 16.0 Å². The summed E-state index contributed by atoms with van der Waals surface area (Å²) in [7, 11) is 0. The third kappa shape index (κ3) is 1.86. The van der Waals surface area contributed by atoms with Gasteiger partial charge < -0.3 is 11.5 Å². The zero-order valence-electron chi connectivity index (χ0n) is 10.6. The minimum Gasteiger partial charge on any atom is -0.351 e. The second kappa shape index (κ2) is 4.10. The summed E-state index contributed by atoms with van der Waals surface area (Å²) in [6, 6.07) is 4.85. The van der Waals surface area contributed by atoms with Gasteiger partial charge in [0.2, 0.25) is 5.91 Å². The highest BCUT2D eigenvalue weighted by Gasteiger charge is 2.32. The first-order valence-electron chi connectivity index (χ1n) is 5.82. The molecular formula is C13H17N3O2. The fourth-order valence-corrected chi connectivity index (χ4v) is 2.10. The number of anilines is 1. The molecule has 2 rings (SSSR count). The number of nitrogens with two attached hydrogens (primary N) is 2. The van der Waals surface area contributed by atoms with Crippen molar-refractivity contribution in [1.29, 1.82) is 0 Å². The second-order valence-corrected chi connectivity index (χ2v) is 5.18. The van der Waals surface area contributed by atoms with E-state index in [2.05, 4.69) is 0 Å². The zero-order valence-corrected chi connectivity index (χ0v) is 10.6. The van der Waals surface area contributed by atoms with Crippen LogP contribution >= 0.6 is 0 Å². The highest BCUT2D eigenvalue weighted by Crippen LogP contribution is 2.33. The zero-order chi connectivity index (χ0) is 13.5. The Labute approximate surface area is 106 Å². The van der Waals surface area contributed by atoms with Crippen LogP contribution in [0, 0.1) is 0 Å². The Bertz CT molecular complexity index is 523. The molecule has 1 aliphatic heterocycles. The first-order chi connectivity index (χ1) is 8.36. The standard InChI is InChI=1S/C13H17N3O2/c1-13(2,7-14)9-3-4-10-8(5-9)6-11(17)16(10)12(15)18/h3-5H,6-7,14H2,1-2H3,(H2,15,18). The van der Waals surface area contributed by atoms with Crippen LogP contribution in [-0.4, -0.2) is 18.5 Å². The predicted octanol–water partition coefficient (Wildman–Crippen LogP) is 0.891. The molecule has 0 radical (unpaired) electrons. The van der Waals surface area contributed by atoms with E-state index in [-0.39, 0.29) is 17.7 Å². The molecular weight excluding hydrogens is 230 g/mol. The summed E-state index contributed by atoms with van der Waals surface area (Å²) in [5, 5.41) is 0. The van der Waals surface area contributed by atoms with Gasteiger partial charge in [-0.15, -0.1) is 0 Å². The SMILES string of the molecule is CC(C)(CN)c1ccc2c(c1)CC(=O)N2C(N)=O. The Hall–Kier alpha value is -1.88. The molecule has 0 saturated heterocycles. The third-order valence-electron chi connectivity index (χ3n) is 3.42. The Morgan fingerprint density at radius 2 is 2.11 bits per heavy atom. The normalized spacial score (nSPS) is 14.8. The van der Waals surface area contributed by atoms with Crippen LogP contribution in [0.25, 0.3) is 0 Å². The molecule has 0 saturated carbocycles. The number of carbonyl (C=O) groups excluding carboxylic acids is 2. The van der Waals surface area contributed by atoms with Gasteiger partial charge in [-0.1, -0.05) is 26.0 Å². The minimum atomic E-state index is -0.732. The van der Waals surface area contributed by atoms with Gasteiger partial charge in [0.25, 0.3) is 0 Å². The van der Waals surface area contributed by atoms with Crippen molar-refractivity contribution in [3.8, 4) is 0 Å². The number of urea groups is 1. The van der Waals surface area contributed by atoms with Gasteiger partial charge in [0, 0.05) is 12.0 Å². The van der Waals surface area contributed by atoms with Crippen LogP contribution in [0.4, 0.5) is 10.5 Å². The van der Waals surface area contributed by atoms with E-state index in [1.165, 1.54) is 0 Å². The smallest absolute Gasteiger partial charge is 0.326 e. The molecule has 0 unspecified atom stereocenters. The summed E-state index contributed by atoms with van der Waals surface area (Å²) in [5.74, 6) is -0.278. The van der Waals surface area contributed by atoms with Gasteiger partial charge in [-0.05, 0) is 17.2 Å². The van der Waals surface area contributed by atoms with Gasteiger partial charge in [-0.3, -0.25) is 4.79 Å². The molecule has 0 spiro atoms. The lowest BCUT2D eigenvalue weighted by atomic mass is 9.84. The van der Waals surface area contributed by atoms with Crippen molar-refractivity contribution in [2.24, 2.45) is 11.5 Å². The average Bonchev–Trinajstić information content (AvgIpc) is 2.63. The maximum atomic E-state index is 11.7. The number of rotatable bonds is 2. The Morgan fingerprint density at radius 1 is 1.44 bits per heavy atom. The van der Waals surface area contributed by atoms with E-state index in [1.54, 1.807) is 6.07 Å². The first-order valence-corrected chi connectivity index (χ1v) is 5.82. The second-order valence-electron chi connectivity index (χ2n) is 5.18. The monoisotopic (exact) mass is 247 g/mol. The third-order valence-corrected chi connectivity index (χ3v) is 3.42. The minimum absolute atomic E-state index is 0.155. The van der Waals surface area contributed by atoms with Crippen molar-refractivity contribution in [1.82, 2.24) is 0 Å². The summed E-state index contributed by atoms with van der Waals surface area (Å²) >= 11 is 0. The van der Waals surface area contributed by atoms with Gasteiger partial charge in [-0.2, -0.15) is 0 Å². The number of carbonyl (C=O) groups is 2. The molecule has 1 heterocycles. The van der Waals surface area contributed by atoms with Crippen LogP contribution < -0.4 is 16.4 Å². The van der Waals surface area contributed by atoms with Crippen molar-refractivity contribution < 1.29 is 9.59 Å². The summed E-state index contributed by atoms with van der Waals surface area (Å²) in [5.41, 5.74) is 13.3. The largest absolute Gasteiger partial charge is 0.351 e. The van der Waals surface area contributed by atoms with E-state index < -0.39 is 6.03 Å². The number of primary amides is 1. The van der Waals surface area contributed by atoms with Crippen LogP contribution in [0.15, 0.2) is 18.2 Å². The highest BCUT2D eigenvalue weighted by molar-refractivity contribution is 6.18.